The van der Waals surface area contributed by atoms with Crippen LogP contribution in [0.2, 0.25) is 5.02 Å². The van der Waals surface area contributed by atoms with Crippen molar-refractivity contribution in [1.29, 1.82) is 0 Å². The van der Waals surface area contributed by atoms with E-state index in [1.165, 1.54) is 0 Å². The first-order valence-electron chi connectivity index (χ1n) is 3.16. The van der Waals surface area contributed by atoms with Gasteiger partial charge < -0.3 is 0 Å². The summed E-state index contributed by atoms with van der Waals surface area (Å²) in [7, 11) is 0. The Morgan fingerprint density at radius 3 is 2.77 bits per heavy atom. The standard InChI is InChI=1S/C7H3BrClF2NO/c8-5-1-3(4(9)2-12-5)6(13)7(10)11/h1-2,7H. The number of carbonyl (C=O) groups excluding carboxylic acids is 1. The monoisotopic (exact) mass is 269 g/mol. The first-order valence-corrected chi connectivity index (χ1v) is 4.33. The van der Waals surface area contributed by atoms with Crippen molar-refractivity contribution in [2.75, 3.05) is 0 Å². The number of Topliss-reactive ketones (excluding diaryl/α,β-unsaturated/α-hetero) is 1. The summed E-state index contributed by atoms with van der Waals surface area (Å²) in [5.74, 6) is -1.30. The third kappa shape index (κ3) is 2.45. The maximum absolute atomic E-state index is 12.0. The lowest BCUT2D eigenvalue weighted by atomic mass is 10.2. The van der Waals surface area contributed by atoms with E-state index in [2.05, 4.69) is 20.9 Å². The number of aromatic nitrogens is 1. The minimum Gasteiger partial charge on any atom is -0.288 e. The lowest BCUT2D eigenvalue weighted by molar-refractivity contribution is 0.0678. The Morgan fingerprint density at radius 2 is 2.23 bits per heavy atom. The Labute approximate surface area is 86.0 Å². The summed E-state index contributed by atoms with van der Waals surface area (Å²) in [6.07, 6.45) is -1.91. The molecule has 13 heavy (non-hydrogen) atoms. The van der Waals surface area contributed by atoms with Crippen molar-refractivity contribution in [1.82, 2.24) is 4.98 Å². The first kappa shape index (κ1) is 10.5. The van der Waals surface area contributed by atoms with E-state index in [0.717, 1.165) is 12.3 Å². The molecular formula is C7H3BrClF2NO. The van der Waals surface area contributed by atoms with Gasteiger partial charge in [-0.1, -0.05) is 11.6 Å². The predicted octanol–water partition coefficient (Wildman–Crippen LogP) is 2.95. The van der Waals surface area contributed by atoms with Crippen LogP contribution in [-0.2, 0) is 0 Å². The van der Waals surface area contributed by atoms with Crippen molar-refractivity contribution in [3.05, 3.63) is 27.5 Å². The summed E-state index contributed by atoms with van der Waals surface area (Å²) in [5, 5.41) is -0.0755. The molecule has 0 spiro atoms. The zero-order valence-electron chi connectivity index (χ0n) is 6.10. The number of ketones is 1. The van der Waals surface area contributed by atoms with Crippen molar-refractivity contribution in [2.45, 2.75) is 6.43 Å². The third-order valence-electron chi connectivity index (χ3n) is 1.29. The van der Waals surface area contributed by atoms with Gasteiger partial charge in [-0.25, -0.2) is 13.8 Å². The van der Waals surface area contributed by atoms with Crippen molar-refractivity contribution in [2.24, 2.45) is 0 Å². The largest absolute Gasteiger partial charge is 0.300 e. The maximum atomic E-state index is 12.0. The normalized spacial score (nSPS) is 10.5. The molecule has 0 saturated carbocycles. The first-order chi connectivity index (χ1) is 6.02. The fourth-order valence-corrected chi connectivity index (χ4v) is 1.25. The molecule has 0 fully saturated rings. The van der Waals surface area contributed by atoms with Gasteiger partial charge in [-0.2, -0.15) is 0 Å². The number of rotatable bonds is 2. The molecule has 0 unspecified atom stereocenters. The van der Waals surface area contributed by atoms with E-state index >= 15 is 0 Å². The lowest BCUT2D eigenvalue weighted by Gasteiger charge is -2.01. The molecule has 1 aromatic heterocycles. The summed E-state index contributed by atoms with van der Waals surface area (Å²) < 4.78 is 24.3. The second kappa shape index (κ2) is 4.11. The van der Waals surface area contributed by atoms with Crippen LogP contribution in [0, 0.1) is 0 Å². The van der Waals surface area contributed by atoms with Crippen LogP contribution in [0.4, 0.5) is 8.78 Å². The smallest absolute Gasteiger partial charge is 0.288 e. The van der Waals surface area contributed by atoms with Gasteiger partial charge >= 0.3 is 6.43 Å². The highest BCUT2D eigenvalue weighted by atomic mass is 79.9. The number of carbonyl (C=O) groups is 1. The van der Waals surface area contributed by atoms with Gasteiger partial charge in [0.25, 0.3) is 0 Å². The van der Waals surface area contributed by atoms with E-state index in [0.29, 0.717) is 4.60 Å². The third-order valence-corrected chi connectivity index (χ3v) is 2.02. The van der Waals surface area contributed by atoms with E-state index in [9.17, 15) is 13.6 Å². The minimum absolute atomic E-state index is 0.0755. The average molecular weight is 270 g/mol. The number of alkyl halides is 2. The molecule has 1 aromatic rings. The SMILES string of the molecule is O=C(c1cc(Br)ncc1Cl)C(F)F. The molecule has 6 heteroatoms. The molecule has 1 heterocycles. The fourth-order valence-electron chi connectivity index (χ4n) is 0.720. The summed E-state index contributed by atoms with van der Waals surface area (Å²) in [6, 6.07) is 1.16. The highest BCUT2D eigenvalue weighted by molar-refractivity contribution is 9.10. The van der Waals surface area contributed by atoms with Gasteiger partial charge in [0.15, 0.2) is 0 Å². The van der Waals surface area contributed by atoms with E-state index in [1.54, 1.807) is 0 Å². The zero-order chi connectivity index (χ0) is 10.0. The second-order valence-corrected chi connectivity index (χ2v) is 3.37. The lowest BCUT2D eigenvalue weighted by Crippen LogP contribution is -2.11. The Morgan fingerprint density at radius 1 is 1.62 bits per heavy atom. The van der Waals surface area contributed by atoms with Crippen LogP contribution in [0.1, 0.15) is 10.4 Å². The molecule has 0 aliphatic rings. The summed E-state index contributed by atoms with van der Waals surface area (Å²) in [4.78, 5) is 14.5. The topological polar surface area (TPSA) is 30.0 Å². The van der Waals surface area contributed by atoms with Crippen LogP contribution in [-0.4, -0.2) is 17.2 Å². The number of nitrogens with zero attached hydrogens (tertiary/aromatic N) is 1. The fraction of sp³-hybridized carbons (Fsp3) is 0.143. The zero-order valence-corrected chi connectivity index (χ0v) is 8.44. The number of hydrogen-bond acceptors (Lipinski definition) is 2. The molecule has 0 amide bonds. The van der Waals surface area contributed by atoms with E-state index in [4.69, 9.17) is 11.6 Å². The number of halogens is 4. The molecule has 0 bridgehead atoms. The van der Waals surface area contributed by atoms with Crippen molar-refractivity contribution in [3.8, 4) is 0 Å². The highest BCUT2D eigenvalue weighted by Crippen LogP contribution is 2.20. The van der Waals surface area contributed by atoms with Gasteiger partial charge in [0.05, 0.1) is 5.02 Å². The summed E-state index contributed by atoms with van der Waals surface area (Å²) in [6.45, 7) is 0. The molecule has 0 atom stereocenters. The van der Waals surface area contributed by atoms with E-state index in [-0.39, 0.29) is 10.6 Å². The Kier molecular flexibility index (Phi) is 3.33. The molecular weight excluding hydrogens is 267 g/mol. The molecule has 1 rings (SSSR count). The molecule has 0 aliphatic heterocycles. The molecule has 0 radical (unpaired) electrons. The Hall–Kier alpha value is -0.550. The maximum Gasteiger partial charge on any atom is 0.300 e. The van der Waals surface area contributed by atoms with Crippen molar-refractivity contribution < 1.29 is 13.6 Å². The molecule has 0 aromatic carbocycles. The molecule has 2 nitrogen and oxygen atoms in total. The molecule has 0 saturated heterocycles. The van der Waals surface area contributed by atoms with Gasteiger partial charge in [0.2, 0.25) is 5.78 Å². The highest BCUT2D eigenvalue weighted by Gasteiger charge is 2.20. The van der Waals surface area contributed by atoms with Gasteiger partial charge in [-0.05, 0) is 22.0 Å². The molecule has 0 aliphatic carbocycles. The van der Waals surface area contributed by atoms with Gasteiger partial charge in [-0.15, -0.1) is 0 Å². The summed E-state index contributed by atoms with van der Waals surface area (Å²) in [5.41, 5.74) is -0.224. The van der Waals surface area contributed by atoms with Crippen LogP contribution >= 0.6 is 27.5 Å². The van der Waals surface area contributed by atoms with Gasteiger partial charge in [0.1, 0.15) is 4.60 Å². The van der Waals surface area contributed by atoms with Crippen LogP contribution in [0.25, 0.3) is 0 Å². The van der Waals surface area contributed by atoms with Gasteiger partial charge in [0, 0.05) is 11.8 Å². The predicted molar refractivity (Wildman–Crippen MR) is 47.3 cm³/mol. The van der Waals surface area contributed by atoms with Crippen molar-refractivity contribution in [3.63, 3.8) is 0 Å². The van der Waals surface area contributed by atoms with Crippen LogP contribution < -0.4 is 0 Å². The van der Waals surface area contributed by atoms with Crippen LogP contribution in [0.5, 0.6) is 0 Å². The summed E-state index contributed by atoms with van der Waals surface area (Å²) >= 11 is 8.44. The second-order valence-electron chi connectivity index (χ2n) is 2.15. The Bertz CT molecular complexity index is 345. The van der Waals surface area contributed by atoms with Crippen LogP contribution in [0.15, 0.2) is 16.9 Å². The van der Waals surface area contributed by atoms with E-state index < -0.39 is 12.2 Å². The number of hydrogen-bond donors (Lipinski definition) is 0. The quantitative estimate of drug-likeness (QED) is 0.611. The minimum atomic E-state index is -3.05. The van der Waals surface area contributed by atoms with Gasteiger partial charge in [-0.3, -0.25) is 4.79 Å². The average Bonchev–Trinajstić information content (AvgIpc) is 2.08. The van der Waals surface area contributed by atoms with E-state index in [1.807, 2.05) is 0 Å². The molecule has 70 valence electrons. The molecule has 0 N–H and O–H groups in total. The van der Waals surface area contributed by atoms with Crippen molar-refractivity contribution >= 4 is 33.3 Å². The Balaban J connectivity index is 3.13. The number of pyridine rings is 1. The van der Waals surface area contributed by atoms with Crippen LogP contribution in [0.3, 0.4) is 0 Å².